The van der Waals surface area contributed by atoms with Crippen molar-refractivity contribution in [2.24, 2.45) is 10.7 Å². The van der Waals surface area contributed by atoms with E-state index in [2.05, 4.69) is 15.3 Å². The third kappa shape index (κ3) is 2.05. The van der Waals surface area contributed by atoms with Gasteiger partial charge in [0.15, 0.2) is 23.6 Å². The first kappa shape index (κ1) is 13.4. The molecular formula is C16H15N5O2. The van der Waals surface area contributed by atoms with Crippen molar-refractivity contribution >= 4 is 22.9 Å². The number of anilines is 1. The van der Waals surface area contributed by atoms with Crippen LogP contribution in [-0.4, -0.2) is 27.7 Å². The van der Waals surface area contributed by atoms with Crippen molar-refractivity contribution in [2.75, 3.05) is 12.4 Å². The van der Waals surface area contributed by atoms with Crippen molar-refractivity contribution < 1.29 is 9.84 Å². The normalized spacial score (nSPS) is 16.6. The number of phenolic OH excluding ortho intramolecular Hbond substituents is 1. The van der Waals surface area contributed by atoms with Gasteiger partial charge < -0.3 is 15.6 Å². The van der Waals surface area contributed by atoms with Crippen molar-refractivity contribution in [1.29, 1.82) is 0 Å². The van der Waals surface area contributed by atoms with Crippen LogP contribution in [0.15, 0.2) is 47.5 Å². The highest BCUT2D eigenvalue weighted by molar-refractivity contribution is 5.94. The molecule has 0 radical (unpaired) electrons. The molecule has 7 nitrogen and oxygen atoms in total. The van der Waals surface area contributed by atoms with Gasteiger partial charge >= 0.3 is 0 Å². The maximum Gasteiger partial charge on any atom is 0.212 e. The molecule has 4 rings (SSSR count). The number of para-hydroxylation sites is 2. The molecule has 3 aromatic rings. The highest BCUT2D eigenvalue weighted by Crippen LogP contribution is 2.35. The maximum atomic E-state index is 9.80. The monoisotopic (exact) mass is 309 g/mol. The number of aromatic nitrogens is 2. The average molecular weight is 309 g/mol. The summed E-state index contributed by atoms with van der Waals surface area (Å²) in [5, 5.41) is 12.8. The summed E-state index contributed by atoms with van der Waals surface area (Å²) in [5.41, 5.74) is 8.55. The highest BCUT2D eigenvalue weighted by Gasteiger charge is 2.25. The van der Waals surface area contributed by atoms with Crippen LogP contribution >= 0.6 is 0 Å². The number of ether oxygens (including phenoxy) is 1. The summed E-state index contributed by atoms with van der Waals surface area (Å²) in [6.07, 6.45) is -0.381. The number of methoxy groups -OCH3 is 1. The number of hydrogen-bond donors (Lipinski definition) is 3. The molecule has 4 N–H and O–H groups in total. The summed E-state index contributed by atoms with van der Waals surface area (Å²) in [6, 6.07) is 12.9. The van der Waals surface area contributed by atoms with Gasteiger partial charge in [-0.25, -0.2) is 9.98 Å². The number of nitrogens with two attached hydrogens (primary N) is 1. The Morgan fingerprint density at radius 3 is 2.91 bits per heavy atom. The number of guanidine groups is 1. The third-order valence-corrected chi connectivity index (χ3v) is 3.84. The Morgan fingerprint density at radius 1 is 1.26 bits per heavy atom. The zero-order valence-corrected chi connectivity index (χ0v) is 12.4. The Morgan fingerprint density at radius 2 is 2.09 bits per heavy atom. The third-order valence-electron chi connectivity index (χ3n) is 3.84. The van der Waals surface area contributed by atoms with Gasteiger partial charge in [-0.15, -0.1) is 0 Å². The van der Waals surface area contributed by atoms with Crippen LogP contribution in [0, 0.1) is 0 Å². The molecule has 0 saturated carbocycles. The van der Waals surface area contributed by atoms with Crippen LogP contribution in [-0.2, 0) is 0 Å². The average Bonchev–Trinajstić information content (AvgIpc) is 2.92. The van der Waals surface area contributed by atoms with Crippen molar-refractivity contribution in [3.05, 3.63) is 48.0 Å². The van der Waals surface area contributed by atoms with Crippen LogP contribution in [0.4, 0.5) is 5.95 Å². The predicted octanol–water partition coefficient (Wildman–Crippen LogP) is 2.04. The van der Waals surface area contributed by atoms with Gasteiger partial charge in [0.2, 0.25) is 5.95 Å². The van der Waals surface area contributed by atoms with E-state index in [1.165, 1.54) is 7.11 Å². The van der Waals surface area contributed by atoms with Gasteiger partial charge in [-0.1, -0.05) is 18.2 Å². The van der Waals surface area contributed by atoms with Gasteiger partial charge in [0.25, 0.3) is 0 Å². The quantitative estimate of drug-likeness (QED) is 0.673. The number of nitrogens with zero attached hydrogens (tertiary/aromatic N) is 3. The number of nitrogens with one attached hydrogen (secondary N) is 1. The van der Waals surface area contributed by atoms with E-state index in [1.54, 1.807) is 18.2 Å². The summed E-state index contributed by atoms with van der Waals surface area (Å²) in [5.74, 6) is 1.40. The summed E-state index contributed by atoms with van der Waals surface area (Å²) >= 11 is 0. The second-order valence-corrected chi connectivity index (χ2v) is 5.24. The molecule has 0 fully saturated rings. The first-order valence-electron chi connectivity index (χ1n) is 7.11. The second kappa shape index (κ2) is 4.91. The molecule has 0 saturated heterocycles. The summed E-state index contributed by atoms with van der Waals surface area (Å²) in [7, 11) is 1.51. The van der Waals surface area contributed by atoms with Gasteiger partial charge in [-0.3, -0.25) is 9.88 Å². The van der Waals surface area contributed by atoms with Crippen LogP contribution in [0.3, 0.4) is 0 Å². The van der Waals surface area contributed by atoms with Crippen LogP contribution in [0.25, 0.3) is 11.0 Å². The Kier molecular flexibility index (Phi) is 2.87. The van der Waals surface area contributed by atoms with E-state index in [9.17, 15) is 5.11 Å². The molecule has 1 aromatic heterocycles. The fraction of sp³-hybridized carbons (Fsp3) is 0.125. The lowest BCUT2D eigenvalue weighted by Crippen LogP contribution is -2.31. The second-order valence-electron chi connectivity index (χ2n) is 5.24. The molecule has 1 atom stereocenters. The molecule has 116 valence electrons. The molecule has 0 unspecified atom stereocenters. The van der Waals surface area contributed by atoms with Crippen LogP contribution in [0.2, 0.25) is 0 Å². The molecule has 1 aliphatic rings. The number of aliphatic imine (C=N–C) groups is 1. The minimum absolute atomic E-state index is 0.0813. The van der Waals surface area contributed by atoms with E-state index in [4.69, 9.17) is 10.5 Å². The van der Waals surface area contributed by atoms with Gasteiger partial charge in [0.1, 0.15) is 0 Å². The molecule has 2 heterocycles. The first-order valence-corrected chi connectivity index (χ1v) is 7.11. The van der Waals surface area contributed by atoms with Crippen molar-refractivity contribution in [2.45, 2.75) is 6.17 Å². The minimum Gasteiger partial charge on any atom is -0.504 e. The lowest BCUT2D eigenvalue weighted by atomic mass is 10.1. The molecule has 7 heteroatoms. The van der Waals surface area contributed by atoms with Gasteiger partial charge in [0.05, 0.1) is 18.1 Å². The molecule has 2 aromatic carbocycles. The zero-order valence-electron chi connectivity index (χ0n) is 12.4. The van der Waals surface area contributed by atoms with E-state index < -0.39 is 0 Å². The molecule has 23 heavy (non-hydrogen) atoms. The zero-order chi connectivity index (χ0) is 16.0. The van der Waals surface area contributed by atoms with E-state index in [0.717, 1.165) is 16.6 Å². The number of benzene rings is 2. The van der Waals surface area contributed by atoms with Gasteiger partial charge in [0, 0.05) is 5.56 Å². The lowest BCUT2D eigenvalue weighted by molar-refractivity contribution is 0.372. The number of fused-ring (bicyclic) bond motifs is 3. The summed E-state index contributed by atoms with van der Waals surface area (Å²) in [4.78, 5) is 9.04. The molecule has 1 aliphatic heterocycles. The summed E-state index contributed by atoms with van der Waals surface area (Å²) in [6.45, 7) is 0. The Bertz CT molecular complexity index is 931. The SMILES string of the molecule is COc1cc([C@H]2N=C(N)Nc3nc4ccccc4n32)ccc1O. The lowest BCUT2D eigenvalue weighted by Gasteiger charge is -2.24. The van der Waals surface area contributed by atoms with E-state index >= 15 is 0 Å². The molecule has 0 amide bonds. The Balaban J connectivity index is 1.93. The van der Waals surface area contributed by atoms with Crippen molar-refractivity contribution in [3.63, 3.8) is 0 Å². The van der Waals surface area contributed by atoms with E-state index in [0.29, 0.717) is 17.7 Å². The standard InChI is InChI=1S/C16H15N5O2/c1-23-13-8-9(6-7-12(13)22)14-19-15(17)20-16-18-10-4-2-3-5-11(10)21(14)16/h2-8,14,22H,1H3,(H3,17,18,19,20)/t14-/m0/s1. The number of phenols is 1. The molecular weight excluding hydrogens is 294 g/mol. The fourth-order valence-electron chi connectivity index (χ4n) is 2.79. The van der Waals surface area contributed by atoms with E-state index in [1.807, 2.05) is 28.8 Å². The van der Waals surface area contributed by atoms with Crippen molar-refractivity contribution in [1.82, 2.24) is 9.55 Å². The smallest absolute Gasteiger partial charge is 0.212 e. The maximum absolute atomic E-state index is 9.80. The predicted molar refractivity (Wildman–Crippen MR) is 87.8 cm³/mol. The fourth-order valence-corrected chi connectivity index (χ4v) is 2.79. The van der Waals surface area contributed by atoms with E-state index in [-0.39, 0.29) is 11.9 Å². The Labute approximate surface area is 132 Å². The number of rotatable bonds is 2. The molecule has 0 aliphatic carbocycles. The molecule has 0 bridgehead atoms. The minimum atomic E-state index is -0.381. The topological polar surface area (TPSA) is 97.7 Å². The number of aromatic hydroxyl groups is 1. The van der Waals surface area contributed by atoms with Crippen molar-refractivity contribution in [3.8, 4) is 11.5 Å². The number of hydrogen-bond acceptors (Lipinski definition) is 6. The van der Waals surface area contributed by atoms with Gasteiger partial charge in [-0.05, 0) is 24.3 Å². The summed E-state index contributed by atoms with van der Waals surface area (Å²) < 4.78 is 7.16. The highest BCUT2D eigenvalue weighted by atomic mass is 16.5. The van der Waals surface area contributed by atoms with Crippen LogP contribution in [0.5, 0.6) is 11.5 Å². The molecule has 0 spiro atoms. The van der Waals surface area contributed by atoms with Crippen LogP contribution in [0.1, 0.15) is 11.7 Å². The Hall–Kier alpha value is -3.22. The van der Waals surface area contributed by atoms with Crippen LogP contribution < -0.4 is 15.8 Å². The van der Waals surface area contributed by atoms with Gasteiger partial charge in [-0.2, -0.15) is 0 Å². The number of imidazole rings is 1. The first-order chi connectivity index (χ1) is 11.2. The largest absolute Gasteiger partial charge is 0.504 e.